The van der Waals surface area contributed by atoms with Crippen molar-refractivity contribution in [3.63, 3.8) is 0 Å². The van der Waals surface area contributed by atoms with Gasteiger partial charge in [-0.3, -0.25) is 9.42 Å². The molecule has 4 N–H and O–H groups in total. The van der Waals surface area contributed by atoms with Gasteiger partial charge < -0.3 is 10.2 Å². The van der Waals surface area contributed by atoms with E-state index in [1.165, 1.54) is 0 Å². The van der Waals surface area contributed by atoms with Gasteiger partial charge in [0.25, 0.3) is 0 Å². The van der Waals surface area contributed by atoms with E-state index in [0.717, 1.165) is 13.1 Å². The smallest absolute Gasteiger partial charge is 0.313 e. The molecule has 1 aliphatic heterocycles. The van der Waals surface area contributed by atoms with E-state index in [4.69, 9.17) is 14.9 Å². The third kappa shape index (κ3) is 3.18. The second-order valence-electron chi connectivity index (χ2n) is 2.81. The summed E-state index contributed by atoms with van der Waals surface area (Å²) in [6.45, 7) is 2.17. The van der Waals surface area contributed by atoms with Crippen LogP contribution in [0.5, 0.6) is 0 Å². The SMILES string of the molecule is CN1CCNCC1OP(N)(=O)O. The van der Waals surface area contributed by atoms with E-state index >= 15 is 0 Å². The molecule has 0 aromatic heterocycles. The monoisotopic (exact) mass is 195 g/mol. The van der Waals surface area contributed by atoms with Gasteiger partial charge in [0.15, 0.2) is 0 Å². The molecule has 0 saturated carbocycles. The molecule has 0 radical (unpaired) electrons. The summed E-state index contributed by atoms with van der Waals surface area (Å²) in [5.74, 6) is 0. The van der Waals surface area contributed by atoms with Crippen LogP contribution in [0.3, 0.4) is 0 Å². The molecule has 0 bridgehead atoms. The van der Waals surface area contributed by atoms with Crippen molar-refractivity contribution in [2.45, 2.75) is 6.23 Å². The summed E-state index contributed by atoms with van der Waals surface area (Å²) >= 11 is 0. The Morgan fingerprint density at radius 1 is 1.83 bits per heavy atom. The van der Waals surface area contributed by atoms with Gasteiger partial charge in [0, 0.05) is 19.6 Å². The minimum Gasteiger partial charge on any atom is -0.313 e. The van der Waals surface area contributed by atoms with E-state index in [1.807, 2.05) is 11.9 Å². The van der Waals surface area contributed by atoms with Crippen molar-refractivity contribution in [3.05, 3.63) is 0 Å². The van der Waals surface area contributed by atoms with E-state index in [2.05, 4.69) is 5.32 Å². The molecule has 7 heteroatoms. The highest BCUT2D eigenvalue weighted by Crippen LogP contribution is 2.33. The quantitative estimate of drug-likeness (QED) is 0.486. The zero-order chi connectivity index (χ0) is 9.19. The van der Waals surface area contributed by atoms with Crippen LogP contribution in [0.4, 0.5) is 0 Å². The average Bonchev–Trinajstić information content (AvgIpc) is 1.91. The molecule has 2 atom stereocenters. The van der Waals surface area contributed by atoms with E-state index in [1.54, 1.807) is 0 Å². The van der Waals surface area contributed by atoms with Gasteiger partial charge in [-0.25, -0.2) is 10.1 Å². The average molecular weight is 195 g/mol. The first-order valence-electron chi connectivity index (χ1n) is 3.70. The molecule has 6 nitrogen and oxygen atoms in total. The Morgan fingerprint density at radius 2 is 2.50 bits per heavy atom. The van der Waals surface area contributed by atoms with Gasteiger partial charge in [0.2, 0.25) is 0 Å². The first kappa shape index (κ1) is 10.1. The molecular formula is C5H14N3O3P. The molecule has 1 aliphatic rings. The third-order valence-electron chi connectivity index (χ3n) is 1.72. The van der Waals surface area contributed by atoms with Crippen LogP contribution in [-0.4, -0.2) is 42.7 Å². The number of nitrogens with two attached hydrogens (primary N) is 1. The minimum absolute atomic E-state index is 0.403. The Balaban J connectivity index is 2.44. The van der Waals surface area contributed by atoms with Crippen LogP contribution in [0.2, 0.25) is 0 Å². The Bertz CT molecular complexity index is 194. The summed E-state index contributed by atoms with van der Waals surface area (Å²) in [5, 5.41) is 3.03. The van der Waals surface area contributed by atoms with Gasteiger partial charge in [0.1, 0.15) is 6.23 Å². The maximum atomic E-state index is 10.7. The predicted octanol–water partition coefficient (Wildman–Crippen LogP) is -1.08. The second-order valence-corrected chi connectivity index (χ2v) is 4.15. The molecule has 0 aliphatic carbocycles. The topological polar surface area (TPSA) is 87.8 Å². The van der Waals surface area contributed by atoms with Gasteiger partial charge in [-0.2, -0.15) is 0 Å². The summed E-state index contributed by atoms with van der Waals surface area (Å²) in [7, 11) is -2.03. The van der Waals surface area contributed by atoms with Crippen LogP contribution >= 0.6 is 7.75 Å². The molecule has 2 unspecified atom stereocenters. The number of hydrogen-bond acceptors (Lipinski definition) is 4. The van der Waals surface area contributed by atoms with Gasteiger partial charge in [-0.05, 0) is 7.05 Å². The largest absolute Gasteiger partial charge is 0.401 e. The Morgan fingerprint density at radius 3 is 3.00 bits per heavy atom. The van der Waals surface area contributed by atoms with Crippen LogP contribution in [-0.2, 0) is 9.09 Å². The summed E-state index contributed by atoms with van der Waals surface area (Å²) in [4.78, 5) is 10.6. The van der Waals surface area contributed by atoms with E-state index in [-0.39, 0.29) is 0 Å². The van der Waals surface area contributed by atoms with Crippen molar-refractivity contribution in [2.75, 3.05) is 26.7 Å². The molecule has 1 fully saturated rings. The number of piperazine rings is 1. The number of hydrogen-bond donors (Lipinski definition) is 3. The van der Waals surface area contributed by atoms with Crippen LogP contribution in [0, 0.1) is 0 Å². The summed E-state index contributed by atoms with van der Waals surface area (Å²) < 4.78 is 15.4. The van der Waals surface area contributed by atoms with Crippen molar-refractivity contribution in [2.24, 2.45) is 5.50 Å². The standard InChI is InChI=1S/C5H14N3O3P/c1-8-3-2-7-4-5(8)11-12(6,9)10/h5,7H,2-4H2,1H3,(H3,6,9,10). The molecule has 1 rings (SSSR count). The lowest BCUT2D eigenvalue weighted by atomic mass is 10.4. The molecule has 0 spiro atoms. The fourth-order valence-corrected chi connectivity index (χ4v) is 1.66. The highest BCUT2D eigenvalue weighted by atomic mass is 31.2. The molecule has 0 aromatic carbocycles. The summed E-state index contributed by atoms with van der Waals surface area (Å²) in [5.41, 5.74) is 4.86. The number of nitrogens with zero attached hydrogens (tertiary/aromatic N) is 1. The van der Waals surface area contributed by atoms with E-state index in [9.17, 15) is 4.57 Å². The third-order valence-corrected chi connectivity index (χ3v) is 2.27. The molecule has 1 saturated heterocycles. The summed E-state index contributed by atoms with van der Waals surface area (Å²) in [6.07, 6.45) is -0.403. The second kappa shape index (κ2) is 3.83. The Kier molecular flexibility index (Phi) is 3.22. The molecule has 72 valence electrons. The van der Waals surface area contributed by atoms with Gasteiger partial charge >= 0.3 is 7.75 Å². The zero-order valence-electron chi connectivity index (χ0n) is 6.93. The highest BCUT2D eigenvalue weighted by Gasteiger charge is 2.25. The van der Waals surface area contributed by atoms with Crippen LogP contribution in [0.25, 0.3) is 0 Å². The first-order chi connectivity index (χ1) is 5.49. The van der Waals surface area contributed by atoms with Crippen molar-refractivity contribution in [1.29, 1.82) is 0 Å². The summed E-state index contributed by atoms with van der Waals surface area (Å²) in [6, 6.07) is 0. The lowest BCUT2D eigenvalue weighted by Crippen LogP contribution is -2.50. The van der Waals surface area contributed by atoms with Crippen LogP contribution in [0.1, 0.15) is 0 Å². The lowest BCUT2D eigenvalue weighted by molar-refractivity contribution is 0.0185. The number of rotatable bonds is 2. The van der Waals surface area contributed by atoms with Crippen LogP contribution < -0.4 is 10.8 Å². The van der Waals surface area contributed by atoms with Crippen molar-refractivity contribution < 1.29 is 14.0 Å². The Hall–Kier alpha value is 0.0300. The maximum Gasteiger partial charge on any atom is 0.401 e. The first-order valence-corrected chi connectivity index (χ1v) is 5.34. The van der Waals surface area contributed by atoms with Crippen LogP contribution in [0.15, 0.2) is 0 Å². The van der Waals surface area contributed by atoms with Crippen molar-refractivity contribution >= 4 is 7.75 Å². The van der Waals surface area contributed by atoms with Crippen molar-refractivity contribution in [3.8, 4) is 0 Å². The molecular weight excluding hydrogens is 181 g/mol. The molecule has 0 amide bonds. The number of nitrogens with one attached hydrogen (secondary N) is 1. The molecule has 12 heavy (non-hydrogen) atoms. The molecule has 0 aromatic rings. The van der Waals surface area contributed by atoms with Crippen molar-refractivity contribution in [1.82, 2.24) is 10.2 Å². The maximum absolute atomic E-state index is 10.7. The van der Waals surface area contributed by atoms with E-state index < -0.39 is 14.0 Å². The fourth-order valence-electron chi connectivity index (χ4n) is 1.07. The molecule has 1 heterocycles. The van der Waals surface area contributed by atoms with Gasteiger partial charge in [-0.1, -0.05) is 0 Å². The Labute approximate surface area is 71.3 Å². The lowest BCUT2D eigenvalue weighted by Gasteiger charge is -2.32. The predicted molar refractivity (Wildman–Crippen MR) is 44.4 cm³/mol. The number of likely N-dealkylation sites (N-methyl/N-ethyl adjacent to an activating group) is 1. The highest BCUT2D eigenvalue weighted by molar-refractivity contribution is 7.50. The van der Waals surface area contributed by atoms with Gasteiger partial charge in [0.05, 0.1) is 0 Å². The van der Waals surface area contributed by atoms with Gasteiger partial charge in [-0.15, -0.1) is 0 Å². The zero-order valence-corrected chi connectivity index (χ0v) is 7.83. The normalized spacial score (nSPS) is 31.4. The fraction of sp³-hybridized carbons (Fsp3) is 1.00. The van der Waals surface area contributed by atoms with E-state index in [0.29, 0.717) is 6.54 Å². The minimum atomic E-state index is -3.85.